The topological polar surface area (TPSA) is 43.4 Å². The normalized spacial score (nSPS) is 10.6. The minimum atomic E-state index is -1.07. The number of ketones is 2. The van der Waals surface area contributed by atoms with Gasteiger partial charge in [0.2, 0.25) is 0 Å². The zero-order valence-corrected chi connectivity index (χ0v) is 14.8. The Bertz CT molecular complexity index is 798. The molecule has 0 atom stereocenters. The van der Waals surface area contributed by atoms with Crippen LogP contribution in [0.2, 0.25) is 0 Å². The maximum absolute atomic E-state index is 13.7. The van der Waals surface area contributed by atoms with E-state index in [0.29, 0.717) is 16.6 Å². The van der Waals surface area contributed by atoms with Crippen molar-refractivity contribution in [3.8, 4) is 5.75 Å². The third kappa shape index (κ3) is 5.16. The molecule has 0 fully saturated rings. The zero-order chi connectivity index (χ0) is 18.6. The van der Waals surface area contributed by atoms with Gasteiger partial charge in [0.05, 0.1) is 11.1 Å². The predicted octanol–water partition coefficient (Wildman–Crippen LogP) is 5.00. The molecule has 0 heterocycles. The van der Waals surface area contributed by atoms with Crippen LogP contribution >= 0.6 is 15.9 Å². The largest absolute Gasteiger partial charge is 0.488 e. The van der Waals surface area contributed by atoms with Gasteiger partial charge in [-0.15, -0.1) is 0 Å². The molecule has 0 saturated carbocycles. The minimum absolute atomic E-state index is 0.00141. The van der Waals surface area contributed by atoms with E-state index in [1.54, 1.807) is 6.07 Å². The van der Waals surface area contributed by atoms with E-state index in [-0.39, 0.29) is 35.7 Å². The second-order valence-electron chi connectivity index (χ2n) is 5.40. The molecule has 0 N–H and O–H groups in total. The first-order valence-electron chi connectivity index (χ1n) is 7.36. The second kappa shape index (κ2) is 8.29. The average Bonchev–Trinajstić information content (AvgIpc) is 2.52. The first kappa shape index (κ1) is 19.2. The maximum Gasteiger partial charge on any atom is 0.167 e. The van der Waals surface area contributed by atoms with Crippen molar-refractivity contribution < 1.29 is 27.5 Å². The highest BCUT2D eigenvalue weighted by atomic mass is 79.9. The number of halogens is 4. The SMILES string of the molecule is CC(=O)CCC(=O)c1cc(Br)ccc1OCc1c(F)cc(F)cc1F. The van der Waals surface area contributed by atoms with E-state index in [2.05, 4.69) is 15.9 Å². The summed E-state index contributed by atoms with van der Waals surface area (Å²) in [6.45, 7) is 0.873. The number of carbonyl (C=O) groups is 2. The van der Waals surface area contributed by atoms with Crippen LogP contribution in [0.25, 0.3) is 0 Å². The van der Waals surface area contributed by atoms with E-state index in [4.69, 9.17) is 4.74 Å². The number of rotatable bonds is 7. The maximum atomic E-state index is 13.7. The monoisotopic (exact) mass is 414 g/mol. The molecule has 7 heteroatoms. The van der Waals surface area contributed by atoms with Gasteiger partial charge in [0.15, 0.2) is 5.78 Å². The predicted molar refractivity (Wildman–Crippen MR) is 89.0 cm³/mol. The molecule has 0 spiro atoms. The van der Waals surface area contributed by atoms with Crippen molar-refractivity contribution >= 4 is 27.5 Å². The van der Waals surface area contributed by atoms with Gasteiger partial charge in [0, 0.05) is 29.4 Å². The molecule has 25 heavy (non-hydrogen) atoms. The van der Waals surface area contributed by atoms with Crippen molar-refractivity contribution in [1.82, 2.24) is 0 Å². The van der Waals surface area contributed by atoms with Crippen LogP contribution in [-0.2, 0) is 11.4 Å². The molecule has 0 amide bonds. The van der Waals surface area contributed by atoms with Crippen molar-refractivity contribution in [2.24, 2.45) is 0 Å². The van der Waals surface area contributed by atoms with Gasteiger partial charge in [-0.1, -0.05) is 15.9 Å². The van der Waals surface area contributed by atoms with Crippen LogP contribution in [0.4, 0.5) is 13.2 Å². The van der Waals surface area contributed by atoms with Crippen molar-refractivity contribution in [1.29, 1.82) is 0 Å². The van der Waals surface area contributed by atoms with Crippen LogP contribution in [-0.4, -0.2) is 11.6 Å². The fourth-order valence-electron chi connectivity index (χ4n) is 2.13. The molecule has 2 aromatic carbocycles. The Morgan fingerprint density at radius 3 is 2.28 bits per heavy atom. The van der Waals surface area contributed by atoms with E-state index in [0.717, 1.165) is 0 Å². The van der Waals surface area contributed by atoms with Gasteiger partial charge in [-0.05, 0) is 25.1 Å². The lowest BCUT2D eigenvalue weighted by Gasteiger charge is -2.12. The Hall–Kier alpha value is -2.15. The molecular weight excluding hydrogens is 401 g/mol. The lowest BCUT2D eigenvalue weighted by molar-refractivity contribution is -0.116. The van der Waals surface area contributed by atoms with Gasteiger partial charge in [-0.3, -0.25) is 4.79 Å². The molecule has 0 aromatic heterocycles. The molecule has 0 aliphatic rings. The van der Waals surface area contributed by atoms with Gasteiger partial charge in [0.25, 0.3) is 0 Å². The zero-order valence-electron chi connectivity index (χ0n) is 13.2. The summed E-state index contributed by atoms with van der Waals surface area (Å²) in [6.07, 6.45) is 0.0907. The highest BCUT2D eigenvalue weighted by Crippen LogP contribution is 2.27. The van der Waals surface area contributed by atoms with Gasteiger partial charge >= 0.3 is 0 Å². The van der Waals surface area contributed by atoms with Crippen molar-refractivity contribution in [3.05, 3.63) is 63.4 Å². The Kier molecular flexibility index (Phi) is 6.36. The first-order chi connectivity index (χ1) is 11.8. The average molecular weight is 415 g/mol. The third-order valence-corrected chi connectivity index (χ3v) is 3.92. The van der Waals surface area contributed by atoms with Gasteiger partial charge in [-0.2, -0.15) is 0 Å². The van der Waals surface area contributed by atoms with Crippen LogP contribution in [0, 0.1) is 17.5 Å². The summed E-state index contributed by atoms with van der Waals surface area (Å²) in [5, 5.41) is 0. The Labute approximate surface area is 150 Å². The quantitative estimate of drug-likeness (QED) is 0.598. The molecule has 0 bridgehead atoms. The molecule has 132 valence electrons. The molecule has 0 aliphatic carbocycles. The van der Waals surface area contributed by atoms with Crippen LogP contribution in [0.3, 0.4) is 0 Å². The van der Waals surface area contributed by atoms with Crippen LogP contribution in [0.5, 0.6) is 5.75 Å². The van der Waals surface area contributed by atoms with E-state index in [1.807, 2.05) is 0 Å². The highest BCUT2D eigenvalue weighted by molar-refractivity contribution is 9.10. The van der Waals surface area contributed by atoms with Gasteiger partial charge < -0.3 is 9.53 Å². The standard InChI is InChI=1S/C18H14BrF3O3/c1-10(23)2-4-17(24)13-6-11(19)3-5-18(13)25-9-14-15(21)7-12(20)8-16(14)22/h3,5-8H,2,4,9H2,1H3. The van der Waals surface area contributed by atoms with Crippen molar-refractivity contribution in [2.75, 3.05) is 0 Å². The smallest absolute Gasteiger partial charge is 0.167 e. The van der Waals surface area contributed by atoms with Crippen molar-refractivity contribution in [2.45, 2.75) is 26.4 Å². The number of hydrogen-bond acceptors (Lipinski definition) is 3. The fourth-order valence-corrected chi connectivity index (χ4v) is 2.49. The molecule has 0 radical (unpaired) electrons. The fraction of sp³-hybridized carbons (Fsp3) is 0.222. The Morgan fingerprint density at radius 2 is 1.68 bits per heavy atom. The van der Waals surface area contributed by atoms with Gasteiger partial charge in [0.1, 0.15) is 35.6 Å². The van der Waals surface area contributed by atoms with E-state index in [9.17, 15) is 22.8 Å². The molecule has 0 unspecified atom stereocenters. The number of benzene rings is 2. The Balaban J connectivity index is 2.22. The van der Waals surface area contributed by atoms with E-state index >= 15 is 0 Å². The summed E-state index contributed by atoms with van der Waals surface area (Å²) in [7, 11) is 0. The number of Topliss-reactive ketones (excluding diaryl/α,β-unsaturated/α-hetero) is 2. The van der Waals surface area contributed by atoms with Crippen LogP contribution in [0.15, 0.2) is 34.8 Å². The molecule has 2 rings (SSSR count). The summed E-state index contributed by atoms with van der Waals surface area (Å²) in [4.78, 5) is 23.3. The van der Waals surface area contributed by atoms with Gasteiger partial charge in [-0.25, -0.2) is 13.2 Å². The summed E-state index contributed by atoms with van der Waals surface area (Å²) in [5.74, 6) is -3.49. The second-order valence-corrected chi connectivity index (χ2v) is 6.32. The first-order valence-corrected chi connectivity index (χ1v) is 8.15. The van der Waals surface area contributed by atoms with E-state index < -0.39 is 29.6 Å². The van der Waals surface area contributed by atoms with Crippen LogP contribution in [0.1, 0.15) is 35.7 Å². The molecule has 0 saturated heterocycles. The lowest BCUT2D eigenvalue weighted by Crippen LogP contribution is -2.08. The van der Waals surface area contributed by atoms with Crippen LogP contribution < -0.4 is 4.74 Å². The van der Waals surface area contributed by atoms with Crippen molar-refractivity contribution in [3.63, 3.8) is 0 Å². The lowest BCUT2D eigenvalue weighted by atomic mass is 10.0. The number of ether oxygens (including phenoxy) is 1. The third-order valence-electron chi connectivity index (χ3n) is 3.42. The van der Waals surface area contributed by atoms with E-state index in [1.165, 1.54) is 19.1 Å². The summed E-state index contributed by atoms with van der Waals surface area (Å²) in [5.41, 5.74) is -0.245. The summed E-state index contributed by atoms with van der Waals surface area (Å²) >= 11 is 3.24. The summed E-state index contributed by atoms with van der Waals surface area (Å²) in [6, 6.07) is 5.71. The summed E-state index contributed by atoms with van der Waals surface area (Å²) < 4.78 is 46.3. The number of carbonyl (C=O) groups excluding carboxylic acids is 2. The minimum Gasteiger partial charge on any atom is -0.488 e. The highest BCUT2D eigenvalue weighted by Gasteiger charge is 2.17. The Morgan fingerprint density at radius 1 is 1.04 bits per heavy atom. The molecular formula is C18H14BrF3O3. The number of hydrogen-bond donors (Lipinski definition) is 0. The molecule has 0 aliphatic heterocycles. The molecule has 3 nitrogen and oxygen atoms in total. The molecule has 2 aromatic rings.